The Balaban J connectivity index is 1.46. The SMILES string of the molecule is COc1ccccc1C(CNC(=O)C1Cc2cc(Cl)ccc2O1)N1CCCCC1. The maximum atomic E-state index is 12.9. The van der Waals surface area contributed by atoms with Crippen molar-refractivity contribution in [1.29, 1.82) is 0 Å². The average molecular weight is 415 g/mol. The first-order valence-corrected chi connectivity index (χ1v) is 10.6. The third-order valence-electron chi connectivity index (χ3n) is 5.79. The van der Waals surface area contributed by atoms with Crippen LogP contribution in [0.2, 0.25) is 5.02 Å². The highest BCUT2D eigenvalue weighted by Gasteiger charge is 2.31. The number of amides is 1. The Bertz CT molecular complexity index is 867. The van der Waals surface area contributed by atoms with Crippen LogP contribution < -0.4 is 14.8 Å². The second kappa shape index (κ2) is 9.06. The summed E-state index contributed by atoms with van der Waals surface area (Å²) in [5.41, 5.74) is 2.09. The number of rotatable bonds is 6. The number of para-hydroxylation sites is 1. The van der Waals surface area contributed by atoms with Crippen molar-refractivity contribution in [2.75, 3.05) is 26.7 Å². The Kier molecular flexibility index (Phi) is 6.26. The van der Waals surface area contributed by atoms with Crippen LogP contribution in [0.15, 0.2) is 42.5 Å². The van der Waals surface area contributed by atoms with Crippen LogP contribution in [0.25, 0.3) is 0 Å². The van der Waals surface area contributed by atoms with Gasteiger partial charge in [-0.05, 0) is 55.8 Å². The number of benzene rings is 2. The van der Waals surface area contributed by atoms with E-state index in [1.54, 1.807) is 13.2 Å². The van der Waals surface area contributed by atoms with Crippen LogP contribution in [0.1, 0.15) is 36.4 Å². The third kappa shape index (κ3) is 4.51. The summed E-state index contributed by atoms with van der Waals surface area (Å²) in [7, 11) is 1.69. The second-order valence-corrected chi connectivity index (χ2v) is 8.10. The van der Waals surface area contributed by atoms with Gasteiger partial charge in [0.05, 0.1) is 13.2 Å². The van der Waals surface area contributed by atoms with Crippen LogP contribution in [-0.4, -0.2) is 43.7 Å². The van der Waals surface area contributed by atoms with E-state index in [-0.39, 0.29) is 11.9 Å². The van der Waals surface area contributed by atoms with Gasteiger partial charge >= 0.3 is 0 Å². The fourth-order valence-electron chi connectivity index (χ4n) is 4.28. The number of ether oxygens (including phenoxy) is 2. The van der Waals surface area contributed by atoms with Gasteiger partial charge in [0.15, 0.2) is 6.10 Å². The lowest BCUT2D eigenvalue weighted by Gasteiger charge is -2.35. The molecule has 0 aliphatic carbocycles. The Labute approximate surface area is 176 Å². The van der Waals surface area contributed by atoms with Crippen LogP contribution >= 0.6 is 11.6 Å². The summed E-state index contributed by atoms with van der Waals surface area (Å²) in [5, 5.41) is 3.79. The van der Waals surface area contributed by atoms with Gasteiger partial charge in [-0.2, -0.15) is 0 Å². The highest BCUT2D eigenvalue weighted by atomic mass is 35.5. The number of hydrogen-bond acceptors (Lipinski definition) is 4. The minimum atomic E-state index is -0.511. The van der Waals surface area contributed by atoms with Gasteiger partial charge in [-0.1, -0.05) is 36.2 Å². The van der Waals surface area contributed by atoms with E-state index in [0.717, 1.165) is 35.7 Å². The third-order valence-corrected chi connectivity index (χ3v) is 6.02. The molecule has 29 heavy (non-hydrogen) atoms. The van der Waals surface area contributed by atoms with Crippen molar-refractivity contribution in [3.8, 4) is 11.5 Å². The molecule has 2 aliphatic rings. The molecule has 1 N–H and O–H groups in total. The van der Waals surface area contributed by atoms with Gasteiger partial charge in [0, 0.05) is 23.6 Å². The molecule has 0 saturated carbocycles. The molecule has 0 spiro atoms. The van der Waals surface area contributed by atoms with Gasteiger partial charge in [0.25, 0.3) is 5.91 Å². The summed E-state index contributed by atoms with van der Waals surface area (Å²) >= 11 is 6.06. The number of nitrogens with one attached hydrogen (secondary N) is 1. The van der Waals surface area contributed by atoms with Gasteiger partial charge in [-0.25, -0.2) is 0 Å². The maximum absolute atomic E-state index is 12.9. The second-order valence-electron chi connectivity index (χ2n) is 7.66. The summed E-state index contributed by atoms with van der Waals surface area (Å²) in [6.07, 6.45) is 3.66. The van der Waals surface area contributed by atoms with E-state index in [1.165, 1.54) is 19.3 Å². The Hall–Kier alpha value is -2.24. The quantitative estimate of drug-likeness (QED) is 0.776. The minimum Gasteiger partial charge on any atom is -0.496 e. The molecule has 2 heterocycles. The monoisotopic (exact) mass is 414 g/mol. The van der Waals surface area contributed by atoms with Crippen molar-refractivity contribution in [3.63, 3.8) is 0 Å². The number of methoxy groups -OCH3 is 1. The molecule has 2 atom stereocenters. The van der Waals surface area contributed by atoms with Crippen molar-refractivity contribution in [2.24, 2.45) is 0 Å². The van der Waals surface area contributed by atoms with E-state index in [0.29, 0.717) is 18.0 Å². The fourth-order valence-corrected chi connectivity index (χ4v) is 4.48. The highest BCUT2D eigenvalue weighted by molar-refractivity contribution is 6.30. The van der Waals surface area contributed by atoms with Crippen LogP contribution in [0.3, 0.4) is 0 Å². The zero-order chi connectivity index (χ0) is 20.2. The normalized spacial score (nSPS) is 19.9. The van der Waals surface area contributed by atoms with Crippen LogP contribution in [-0.2, 0) is 11.2 Å². The number of fused-ring (bicyclic) bond motifs is 1. The standard InChI is InChI=1S/C23H27ClN2O3/c1-28-21-8-4-3-7-18(21)19(26-11-5-2-6-12-26)15-25-23(27)22-14-16-13-17(24)9-10-20(16)29-22/h3-4,7-10,13,19,22H,2,5-6,11-12,14-15H2,1H3,(H,25,27). The zero-order valence-corrected chi connectivity index (χ0v) is 17.5. The molecule has 5 nitrogen and oxygen atoms in total. The van der Waals surface area contributed by atoms with Gasteiger partial charge < -0.3 is 14.8 Å². The first-order valence-electron chi connectivity index (χ1n) is 10.3. The number of hydrogen-bond donors (Lipinski definition) is 1. The predicted molar refractivity (Wildman–Crippen MR) is 114 cm³/mol. The molecule has 1 fully saturated rings. The fraction of sp³-hybridized carbons (Fsp3) is 0.435. The topological polar surface area (TPSA) is 50.8 Å². The molecule has 2 aromatic carbocycles. The summed E-state index contributed by atoms with van der Waals surface area (Å²) in [4.78, 5) is 15.3. The molecule has 0 aromatic heterocycles. The molecule has 6 heteroatoms. The zero-order valence-electron chi connectivity index (χ0n) is 16.7. The summed E-state index contributed by atoms with van der Waals surface area (Å²) in [6, 6.07) is 13.6. The first-order chi connectivity index (χ1) is 14.2. The average Bonchev–Trinajstić information content (AvgIpc) is 3.18. The number of carbonyl (C=O) groups is 1. The minimum absolute atomic E-state index is 0.0774. The molecule has 1 saturated heterocycles. The van der Waals surface area contributed by atoms with Crippen molar-refractivity contribution < 1.29 is 14.3 Å². The van der Waals surface area contributed by atoms with Crippen LogP contribution in [0.5, 0.6) is 11.5 Å². The van der Waals surface area contributed by atoms with Gasteiger partial charge in [-0.15, -0.1) is 0 Å². The van der Waals surface area contributed by atoms with Crippen molar-refractivity contribution in [3.05, 3.63) is 58.6 Å². The maximum Gasteiger partial charge on any atom is 0.261 e. The summed E-state index contributed by atoms with van der Waals surface area (Å²) in [6.45, 7) is 2.58. The van der Waals surface area contributed by atoms with Gasteiger partial charge in [0.1, 0.15) is 11.5 Å². The Morgan fingerprint density at radius 1 is 1.24 bits per heavy atom. The Morgan fingerprint density at radius 3 is 2.83 bits per heavy atom. The molecular weight excluding hydrogens is 388 g/mol. The molecule has 4 rings (SSSR count). The lowest BCUT2D eigenvalue weighted by Crippen LogP contribution is -2.44. The molecule has 2 unspecified atom stereocenters. The number of nitrogens with zero attached hydrogens (tertiary/aromatic N) is 1. The van der Waals surface area contributed by atoms with E-state index in [1.807, 2.05) is 30.3 Å². The van der Waals surface area contributed by atoms with Crippen LogP contribution in [0, 0.1) is 0 Å². The van der Waals surface area contributed by atoms with E-state index in [9.17, 15) is 4.79 Å². The number of likely N-dealkylation sites (tertiary alicyclic amines) is 1. The largest absolute Gasteiger partial charge is 0.496 e. The molecular formula is C23H27ClN2O3. The van der Waals surface area contributed by atoms with Crippen molar-refractivity contribution in [2.45, 2.75) is 37.8 Å². The molecule has 0 bridgehead atoms. The number of halogens is 1. The molecule has 154 valence electrons. The number of piperidine rings is 1. The van der Waals surface area contributed by atoms with Gasteiger partial charge in [-0.3, -0.25) is 9.69 Å². The smallest absolute Gasteiger partial charge is 0.261 e. The summed E-state index contributed by atoms with van der Waals surface area (Å²) < 4.78 is 11.4. The van der Waals surface area contributed by atoms with E-state index < -0.39 is 6.10 Å². The Morgan fingerprint density at radius 2 is 2.03 bits per heavy atom. The molecule has 1 amide bonds. The van der Waals surface area contributed by atoms with Crippen molar-refractivity contribution >= 4 is 17.5 Å². The van der Waals surface area contributed by atoms with Gasteiger partial charge in [0.2, 0.25) is 0 Å². The molecule has 2 aliphatic heterocycles. The molecule has 0 radical (unpaired) electrons. The first kappa shape index (κ1) is 20.0. The lowest BCUT2D eigenvalue weighted by atomic mass is 10.0. The van der Waals surface area contributed by atoms with Crippen molar-refractivity contribution in [1.82, 2.24) is 10.2 Å². The van der Waals surface area contributed by atoms with E-state index in [2.05, 4.69) is 16.3 Å². The predicted octanol–water partition coefficient (Wildman–Crippen LogP) is 4.00. The number of carbonyl (C=O) groups excluding carboxylic acids is 1. The summed E-state index contributed by atoms with van der Waals surface area (Å²) in [5.74, 6) is 1.51. The molecule has 2 aromatic rings. The highest BCUT2D eigenvalue weighted by Crippen LogP contribution is 2.33. The van der Waals surface area contributed by atoms with Crippen LogP contribution in [0.4, 0.5) is 0 Å². The van der Waals surface area contributed by atoms with E-state index >= 15 is 0 Å². The lowest BCUT2D eigenvalue weighted by molar-refractivity contribution is -0.127. The van der Waals surface area contributed by atoms with E-state index in [4.69, 9.17) is 21.1 Å².